The van der Waals surface area contributed by atoms with E-state index in [-0.39, 0.29) is 34.8 Å². The summed E-state index contributed by atoms with van der Waals surface area (Å²) in [4.78, 5) is 52.4. The number of aryl methyl sites for hydroxylation is 1. The lowest BCUT2D eigenvalue weighted by atomic mass is 10.2. The number of imidazole rings is 1. The minimum Gasteiger partial charge on any atom is -0.315 e. The monoisotopic (exact) mass is 485 g/mol. The van der Waals surface area contributed by atoms with Crippen molar-refractivity contribution in [2.45, 2.75) is 19.3 Å². The van der Waals surface area contributed by atoms with Crippen molar-refractivity contribution in [3.8, 4) is 17.3 Å². The van der Waals surface area contributed by atoms with Gasteiger partial charge < -0.3 is 9.88 Å². The highest BCUT2D eigenvalue weighted by Gasteiger charge is 2.34. The van der Waals surface area contributed by atoms with Crippen molar-refractivity contribution in [3.63, 3.8) is 0 Å². The van der Waals surface area contributed by atoms with E-state index in [1.807, 2.05) is 0 Å². The van der Waals surface area contributed by atoms with Gasteiger partial charge in [-0.15, -0.1) is 0 Å². The molecule has 0 aromatic carbocycles. The summed E-state index contributed by atoms with van der Waals surface area (Å²) in [7, 11) is 1.38. The number of rotatable bonds is 5. The van der Waals surface area contributed by atoms with Gasteiger partial charge in [-0.3, -0.25) is 14.2 Å². The van der Waals surface area contributed by atoms with Crippen LogP contribution in [-0.2, 0) is 31.1 Å². The molecular weight excluding hydrogens is 471 g/mol. The van der Waals surface area contributed by atoms with E-state index in [9.17, 15) is 27.6 Å². The molecule has 35 heavy (non-hydrogen) atoms. The van der Waals surface area contributed by atoms with Crippen LogP contribution in [0.1, 0.15) is 5.82 Å². The Bertz CT molecular complexity index is 1600. The Labute approximate surface area is 192 Å². The number of nitriles is 1. The van der Waals surface area contributed by atoms with Crippen molar-refractivity contribution < 1.29 is 18.0 Å². The fourth-order valence-corrected chi connectivity index (χ4v) is 3.26. The summed E-state index contributed by atoms with van der Waals surface area (Å²) in [6.07, 6.45) is -1.52. The molecule has 1 amide bonds. The third-order valence-corrected chi connectivity index (χ3v) is 4.86. The molecule has 4 aromatic heterocycles. The van der Waals surface area contributed by atoms with Crippen LogP contribution < -0.4 is 16.6 Å². The summed E-state index contributed by atoms with van der Waals surface area (Å²) in [6.45, 7) is -0.838. The number of amides is 1. The van der Waals surface area contributed by atoms with Gasteiger partial charge in [0.05, 0.1) is 18.1 Å². The van der Waals surface area contributed by atoms with Crippen LogP contribution in [0.5, 0.6) is 0 Å². The molecule has 0 atom stereocenters. The van der Waals surface area contributed by atoms with Crippen molar-refractivity contribution in [1.29, 1.82) is 5.26 Å². The van der Waals surface area contributed by atoms with Crippen LogP contribution in [0.3, 0.4) is 0 Å². The van der Waals surface area contributed by atoms with Crippen LogP contribution in [0, 0.1) is 11.3 Å². The Morgan fingerprint density at radius 1 is 1.17 bits per heavy atom. The molecule has 0 aliphatic heterocycles. The van der Waals surface area contributed by atoms with E-state index in [0.29, 0.717) is 0 Å². The first-order valence-electron chi connectivity index (χ1n) is 9.78. The van der Waals surface area contributed by atoms with Crippen LogP contribution >= 0.6 is 0 Å². The number of hydrogen-bond acceptors (Lipinski definition) is 8. The van der Waals surface area contributed by atoms with Crippen LogP contribution in [0.25, 0.3) is 22.4 Å². The first kappa shape index (κ1) is 23.3. The number of carbonyl (C=O) groups excluding carboxylic acids is 1. The molecule has 0 spiro atoms. The Kier molecular flexibility index (Phi) is 5.87. The average molecular weight is 485 g/mol. The van der Waals surface area contributed by atoms with Crippen LogP contribution in [0.2, 0.25) is 0 Å². The van der Waals surface area contributed by atoms with Gasteiger partial charge in [0.15, 0.2) is 11.2 Å². The molecule has 0 saturated carbocycles. The zero-order valence-corrected chi connectivity index (χ0v) is 17.8. The second kappa shape index (κ2) is 8.82. The number of carbonyl (C=O) groups is 1. The van der Waals surface area contributed by atoms with E-state index >= 15 is 0 Å². The zero-order chi connectivity index (χ0) is 25.3. The highest BCUT2D eigenvalue weighted by molar-refractivity contribution is 5.90. The van der Waals surface area contributed by atoms with Crippen LogP contribution in [0.4, 0.5) is 19.0 Å². The third kappa shape index (κ3) is 4.49. The highest BCUT2D eigenvalue weighted by Crippen LogP contribution is 2.26. The van der Waals surface area contributed by atoms with Gasteiger partial charge in [-0.05, 0) is 12.1 Å². The number of hydrogen-bond donors (Lipinski definition) is 1. The van der Waals surface area contributed by atoms with Crippen molar-refractivity contribution in [2.24, 2.45) is 7.05 Å². The summed E-state index contributed by atoms with van der Waals surface area (Å²) >= 11 is 0. The summed E-state index contributed by atoms with van der Waals surface area (Å²) < 4.78 is 41.0. The minimum absolute atomic E-state index is 0.0406. The minimum atomic E-state index is -4.68. The lowest BCUT2D eigenvalue weighted by Crippen LogP contribution is -2.39. The SMILES string of the molecule is Cn1c(=O)n(CC#N)c(=O)c2c1ncn2CC(=O)Nc1cccc(-c2cnc(C(F)(F)F)nc2)n1. The molecule has 0 radical (unpaired) electrons. The standard InChI is InChI=1S/C20H14F3N9O3/c1-30-16-15(17(34)32(6-5-24)19(30)35)31(10-27-16)9-14(33)29-13-4-2-3-12(28-13)11-7-25-18(26-8-11)20(21,22)23/h2-4,7-8,10H,6,9H2,1H3,(H,28,29,33). The van der Waals surface area contributed by atoms with E-state index in [2.05, 4.69) is 25.3 Å². The van der Waals surface area contributed by atoms with Crippen LogP contribution in [0.15, 0.2) is 46.5 Å². The molecule has 4 rings (SSSR count). The van der Waals surface area contributed by atoms with Gasteiger partial charge in [0.25, 0.3) is 5.56 Å². The molecule has 0 aliphatic carbocycles. The molecule has 15 heteroatoms. The van der Waals surface area contributed by atoms with Crippen molar-refractivity contribution in [3.05, 3.63) is 63.6 Å². The van der Waals surface area contributed by atoms with Gasteiger partial charge in [0, 0.05) is 25.0 Å². The first-order chi connectivity index (χ1) is 16.6. The summed E-state index contributed by atoms with van der Waals surface area (Å²) in [5.74, 6) is -1.80. The van der Waals surface area contributed by atoms with Crippen molar-refractivity contribution >= 4 is 22.9 Å². The Balaban J connectivity index is 1.58. The number of alkyl halides is 3. The molecule has 12 nitrogen and oxygen atoms in total. The molecule has 1 N–H and O–H groups in total. The van der Waals surface area contributed by atoms with Crippen molar-refractivity contribution in [1.82, 2.24) is 33.6 Å². The first-order valence-corrected chi connectivity index (χ1v) is 9.78. The largest absolute Gasteiger partial charge is 0.451 e. The Morgan fingerprint density at radius 3 is 2.54 bits per heavy atom. The van der Waals surface area contributed by atoms with Gasteiger partial charge >= 0.3 is 11.9 Å². The van der Waals surface area contributed by atoms with E-state index in [1.54, 1.807) is 6.07 Å². The molecule has 0 unspecified atom stereocenters. The van der Waals surface area contributed by atoms with E-state index in [4.69, 9.17) is 5.26 Å². The molecule has 4 heterocycles. The molecule has 0 saturated heterocycles. The molecule has 0 bridgehead atoms. The summed E-state index contributed by atoms with van der Waals surface area (Å²) in [6, 6.07) is 6.23. The van der Waals surface area contributed by atoms with Crippen molar-refractivity contribution in [2.75, 3.05) is 5.32 Å². The Hall–Kier alpha value is -4.87. The maximum absolute atomic E-state index is 12.7. The Morgan fingerprint density at radius 2 is 1.89 bits per heavy atom. The fraction of sp³-hybridized carbons (Fsp3) is 0.200. The number of nitrogens with one attached hydrogen (secondary N) is 1. The number of fused-ring (bicyclic) bond motifs is 1. The normalized spacial score (nSPS) is 11.4. The number of anilines is 1. The molecule has 4 aromatic rings. The van der Waals surface area contributed by atoms with Gasteiger partial charge in [0.1, 0.15) is 18.9 Å². The predicted octanol–water partition coefficient (Wildman–Crippen LogP) is 0.930. The summed E-state index contributed by atoms with van der Waals surface area (Å²) in [5, 5.41) is 11.4. The lowest BCUT2D eigenvalue weighted by Gasteiger charge is -2.09. The topological polar surface area (TPSA) is 153 Å². The maximum atomic E-state index is 12.7. The molecular formula is C20H14F3N9O3. The van der Waals surface area contributed by atoms with Gasteiger partial charge in [-0.1, -0.05) is 6.07 Å². The quantitative estimate of drug-likeness (QED) is 0.438. The second-order valence-electron chi connectivity index (χ2n) is 7.19. The molecule has 178 valence electrons. The van der Waals surface area contributed by atoms with E-state index in [0.717, 1.165) is 21.5 Å². The van der Waals surface area contributed by atoms with E-state index < -0.39 is 35.7 Å². The molecule has 0 fully saturated rings. The second-order valence-corrected chi connectivity index (χ2v) is 7.19. The number of pyridine rings is 1. The average Bonchev–Trinajstić information content (AvgIpc) is 3.23. The van der Waals surface area contributed by atoms with Gasteiger partial charge in [0.2, 0.25) is 11.7 Å². The smallest absolute Gasteiger partial charge is 0.315 e. The summed E-state index contributed by atoms with van der Waals surface area (Å²) in [5.41, 5.74) is -1.05. The zero-order valence-electron chi connectivity index (χ0n) is 17.8. The number of aromatic nitrogens is 7. The van der Waals surface area contributed by atoms with Crippen LogP contribution in [-0.4, -0.2) is 39.5 Å². The number of nitrogens with zero attached hydrogens (tertiary/aromatic N) is 8. The predicted molar refractivity (Wildman–Crippen MR) is 114 cm³/mol. The maximum Gasteiger partial charge on any atom is 0.451 e. The molecule has 0 aliphatic rings. The van der Waals surface area contributed by atoms with Gasteiger partial charge in [-0.25, -0.2) is 29.3 Å². The highest BCUT2D eigenvalue weighted by atomic mass is 19.4. The number of halogens is 3. The fourth-order valence-electron chi connectivity index (χ4n) is 3.26. The van der Waals surface area contributed by atoms with E-state index in [1.165, 1.54) is 36.1 Å². The third-order valence-electron chi connectivity index (χ3n) is 4.86. The lowest BCUT2D eigenvalue weighted by molar-refractivity contribution is -0.145. The van der Waals surface area contributed by atoms with Gasteiger partial charge in [-0.2, -0.15) is 18.4 Å².